The second-order valence-corrected chi connectivity index (χ2v) is 13.2. The van der Waals surface area contributed by atoms with E-state index in [-0.39, 0.29) is 138 Å². The van der Waals surface area contributed by atoms with E-state index in [1.54, 1.807) is 0 Å². The first-order chi connectivity index (χ1) is 18.0. The van der Waals surface area contributed by atoms with Crippen molar-refractivity contribution in [3.05, 3.63) is 0 Å². The molecule has 0 unspecified atom stereocenters. The van der Waals surface area contributed by atoms with E-state index < -0.39 is 35.9 Å². The molecule has 2 saturated heterocycles. The minimum atomic E-state index is -5.39. The Labute approximate surface area is 341 Å². The summed E-state index contributed by atoms with van der Waals surface area (Å²) in [6, 6.07) is 0. The Bertz CT molecular complexity index is 883. The molecular formula is C16H36Ca3N4O16P2S2. The zero-order chi connectivity index (χ0) is 31.6. The molecule has 2 aliphatic heterocycles. The summed E-state index contributed by atoms with van der Waals surface area (Å²) in [4.78, 5) is 59.6. The van der Waals surface area contributed by atoms with Crippen molar-refractivity contribution in [2.75, 3.05) is 103 Å². The Morgan fingerprint density at radius 3 is 0.791 bits per heavy atom. The normalized spacial score (nSPS) is 17.2. The van der Waals surface area contributed by atoms with Gasteiger partial charge in [-0.15, -0.1) is 0 Å². The molecule has 2 fully saturated rings. The van der Waals surface area contributed by atoms with E-state index in [0.29, 0.717) is 26.2 Å². The molecule has 43 heavy (non-hydrogen) atoms. The maximum Gasteiger partial charge on any atom is 2.00 e. The van der Waals surface area contributed by atoms with Crippen molar-refractivity contribution in [2.24, 2.45) is 0 Å². The van der Waals surface area contributed by atoms with Crippen molar-refractivity contribution in [1.29, 1.82) is 0 Å². The van der Waals surface area contributed by atoms with Crippen LogP contribution in [-0.4, -0.2) is 272 Å². The first-order valence-corrected chi connectivity index (χ1v) is 17.6. The molecule has 0 saturated carbocycles. The molecule has 27 heteroatoms. The summed E-state index contributed by atoms with van der Waals surface area (Å²) in [6.07, 6.45) is 0. The number of aliphatic hydroxyl groups excluding tert-OH is 2. The molecule has 2 aliphatic rings. The molecule has 4 N–H and O–H groups in total. The molecule has 0 radical (unpaired) electrons. The van der Waals surface area contributed by atoms with Gasteiger partial charge in [0.25, 0.3) is 20.2 Å². The van der Waals surface area contributed by atoms with Crippen LogP contribution >= 0.6 is 15.6 Å². The molecule has 244 valence electrons. The van der Waals surface area contributed by atoms with Crippen LogP contribution < -0.4 is 29.4 Å². The summed E-state index contributed by atoms with van der Waals surface area (Å²) in [5.74, 6) is -0.403. The third-order valence-electron chi connectivity index (χ3n) is 5.09. The minimum Gasteiger partial charge on any atom is -0.822 e. The van der Waals surface area contributed by atoms with E-state index in [1.807, 2.05) is 9.80 Å². The molecule has 0 aromatic carbocycles. The summed E-state index contributed by atoms with van der Waals surface area (Å²) in [5, 5.41) is 17.5. The third-order valence-corrected chi connectivity index (χ3v) is 6.49. The number of hydrogen-bond acceptors (Lipinski definition) is 18. The average molecular weight is 787 g/mol. The minimum absolute atomic E-state index is 0. The van der Waals surface area contributed by atoms with Gasteiger partial charge in [0.05, 0.1) is 24.7 Å². The number of piperazine rings is 2. The van der Waals surface area contributed by atoms with Crippen LogP contribution in [0.15, 0.2) is 0 Å². The van der Waals surface area contributed by atoms with Crippen LogP contribution in [0.4, 0.5) is 0 Å². The molecule has 20 nitrogen and oxygen atoms in total. The van der Waals surface area contributed by atoms with Crippen LogP contribution in [-0.2, 0) is 29.4 Å². The zero-order valence-corrected chi connectivity index (χ0v) is 33.7. The summed E-state index contributed by atoms with van der Waals surface area (Å²) in [6.45, 7) is 8.93. The van der Waals surface area contributed by atoms with Gasteiger partial charge in [-0.1, -0.05) is 0 Å². The van der Waals surface area contributed by atoms with Gasteiger partial charge in [0.2, 0.25) is 0 Å². The summed E-state index contributed by atoms with van der Waals surface area (Å²) in [5.41, 5.74) is 0. The molecule has 0 amide bonds. The van der Waals surface area contributed by atoms with Crippen molar-refractivity contribution in [3.63, 3.8) is 0 Å². The molecule has 0 aromatic rings. The molecule has 2 heterocycles. The van der Waals surface area contributed by atoms with E-state index in [9.17, 15) is 16.8 Å². The van der Waals surface area contributed by atoms with E-state index in [4.69, 9.17) is 57.8 Å². The van der Waals surface area contributed by atoms with Gasteiger partial charge in [0, 0.05) is 78.5 Å². The number of phosphoric acid groups is 2. The van der Waals surface area contributed by atoms with Gasteiger partial charge in [0.15, 0.2) is 0 Å². The number of aliphatic hydroxyl groups is 2. The van der Waals surface area contributed by atoms with Crippen molar-refractivity contribution < 1.29 is 74.6 Å². The van der Waals surface area contributed by atoms with Gasteiger partial charge < -0.3 is 48.7 Å². The SMILES string of the molecule is O=P([O-])([O-])[O-].O=P([O-])([O-])[O-].O=S(=O)(O)CCN1CCN(CCO)CC1.O=S(=O)(O)CCN1CCN(CCO)CC1.[Ca+2].[Ca+2].[Ca+2]. The van der Waals surface area contributed by atoms with E-state index in [1.165, 1.54) is 0 Å². The van der Waals surface area contributed by atoms with E-state index in [2.05, 4.69) is 9.80 Å². The summed E-state index contributed by atoms with van der Waals surface area (Å²) < 4.78 is 76.4. The van der Waals surface area contributed by atoms with Gasteiger partial charge >= 0.3 is 113 Å². The van der Waals surface area contributed by atoms with Crippen molar-refractivity contribution in [1.82, 2.24) is 19.6 Å². The Hall–Kier alpha value is 3.58. The van der Waals surface area contributed by atoms with E-state index in [0.717, 1.165) is 52.4 Å². The van der Waals surface area contributed by atoms with Crippen molar-refractivity contribution in [2.45, 2.75) is 0 Å². The topological polar surface area (TPSA) is 335 Å². The fourth-order valence-corrected chi connectivity index (χ4v) is 4.22. The Morgan fingerprint density at radius 2 is 0.651 bits per heavy atom. The van der Waals surface area contributed by atoms with Crippen LogP contribution in [0.3, 0.4) is 0 Å². The van der Waals surface area contributed by atoms with Gasteiger partial charge in [-0.3, -0.25) is 28.7 Å². The maximum atomic E-state index is 10.5. The number of β-amino-alcohol motifs (C(OH)–C–C–N with tert-alkyl or cyclic N) is 2. The molecule has 0 atom stereocenters. The van der Waals surface area contributed by atoms with E-state index >= 15 is 0 Å². The molecule has 2 rings (SSSR count). The molecule has 0 spiro atoms. The zero-order valence-electron chi connectivity index (χ0n) is 23.6. The van der Waals surface area contributed by atoms with Gasteiger partial charge in [0.1, 0.15) is 0 Å². The fourth-order valence-electron chi connectivity index (χ4n) is 3.24. The molecule has 0 aromatic heterocycles. The Balaban J connectivity index is -0.000000162. The fraction of sp³-hybridized carbons (Fsp3) is 1.00. The predicted molar refractivity (Wildman–Crippen MR) is 145 cm³/mol. The maximum absolute atomic E-state index is 10.5. The second kappa shape index (κ2) is 29.3. The van der Waals surface area contributed by atoms with Gasteiger partial charge in [-0.25, -0.2) is 0 Å². The summed E-state index contributed by atoms with van der Waals surface area (Å²) >= 11 is 0. The van der Waals surface area contributed by atoms with Crippen molar-refractivity contribution in [3.8, 4) is 0 Å². The largest absolute Gasteiger partial charge is 2.00 e. The standard InChI is InChI=1S/2C8H18N2O4S.3Ca.2H3O4P/c2*11-7-5-9-1-3-10(4-2-9)6-8-15(12,13)14;;;;2*1-5(2,3)4/h2*11H,1-8H2,(H,12,13,14);;;;2*(H3,1,2,3,4)/q;;3*+2;;/p-6. The number of rotatable bonds is 10. The van der Waals surface area contributed by atoms with Crippen LogP contribution in [0.5, 0.6) is 0 Å². The van der Waals surface area contributed by atoms with Gasteiger partial charge in [-0.2, -0.15) is 32.5 Å². The van der Waals surface area contributed by atoms with Crippen LogP contribution in [0.25, 0.3) is 0 Å². The molecule has 0 bridgehead atoms. The summed E-state index contributed by atoms with van der Waals surface area (Å²) in [7, 11) is -18.5. The number of hydrogen-bond donors (Lipinski definition) is 4. The second-order valence-electron chi connectivity index (χ2n) is 8.28. The van der Waals surface area contributed by atoms with Crippen molar-refractivity contribution >= 4 is 149 Å². The first kappa shape index (κ1) is 56.0. The van der Waals surface area contributed by atoms with Crippen LogP contribution in [0.1, 0.15) is 0 Å². The predicted octanol–water partition coefficient (Wildman–Crippen LogP) is -9.82. The average Bonchev–Trinajstić information content (AvgIpc) is 2.76. The quantitative estimate of drug-likeness (QED) is 0.0907. The number of nitrogens with zero attached hydrogens (tertiary/aromatic N) is 4. The molecule has 0 aliphatic carbocycles. The Morgan fingerprint density at radius 1 is 0.488 bits per heavy atom. The monoisotopic (exact) mass is 786 g/mol. The smallest absolute Gasteiger partial charge is 0.822 e. The molecular weight excluding hydrogens is 751 g/mol. The third kappa shape index (κ3) is 50.1. The van der Waals surface area contributed by atoms with Gasteiger partial charge in [-0.05, 0) is 0 Å². The van der Waals surface area contributed by atoms with Crippen LogP contribution in [0.2, 0.25) is 0 Å². The first-order valence-electron chi connectivity index (χ1n) is 11.5. The Kier molecular flexibility index (Phi) is 38.2. The van der Waals surface area contributed by atoms with Crippen LogP contribution in [0, 0.1) is 0 Å².